The van der Waals surface area contributed by atoms with Gasteiger partial charge in [0, 0.05) is 57.4 Å². The molecule has 1 aliphatic heterocycles. The summed E-state index contributed by atoms with van der Waals surface area (Å²) >= 11 is 0. The maximum Gasteiger partial charge on any atom is 0.259 e. The minimum Gasteiger partial charge on any atom is -0.347 e. The summed E-state index contributed by atoms with van der Waals surface area (Å²) in [5, 5.41) is 0.273. The van der Waals surface area contributed by atoms with Crippen LogP contribution in [0.4, 0.5) is 0 Å². The Hall–Kier alpha value is -2.23. The topological polar surface area (TPSA) is 82.9 Å². The molecule has 1 saturated heterocycles. The summed E-state index contributed by atoms with van der Waals surface area (Å²) < 4.78 is 30.1. The fraction of sp³-hybridized carbons (Fsp3) is 0.583. The quantitative estimate of drug-likeness (QED) is 0.664. The van der Waals surface area contributed by atoms with Gasteiger partial charge in [-0.1, -0.05) is 19.3 Å². The van der Waals surface area contributed by atoms with Crippen LogP contribution in [0.25, 0.3) is 10.9 Å². The van der Waals surface area contributed by atoms with Crippen molar-refractivity contribution in [2.24, 2.45) is 0 Å². The number of amides is 1. The van der Waals surface area contributed by atoms with Crippen LogP contribution in [0.15, 0.2) is 34.1 Å². The Bertz CT molecular complexity index is 1190. The van der Waals surface area contributed by atoms with E-state index in [1.54, 1.807) is 30.3 Å². The molecule has 0 radical (unpaired) electrons. The molecule has 8 nitrogen and oxygen atoms in total. The molecule has 2 aromatic rings. The first-order valence-corrected chi connectivity index (χ1v) is 13.3. The van der Waals surface area contributed by atoms with Gasteiger partial charge in [0.05, 0.1) is 10.4 Å². The molecular formula is C24H34N4O4S. The fourth-order valence-electron chi connectivity index (χ4n) is 4.94. The second-order valence-electron chi connectivity index (χ2n) is 9.25. The minimum absolute atomic E-state index is 0.0168. The molecule has 0 unspecified atom stereocenters. The third-order valence-electron chi connectivity index (χ3n) is 7.18. The highest BCUT2D eigenvalue weighted by molar-refractivity contribution is 7.89. The molecule has 0 spiro atoms. The Morgan fingerprint density at radius 1 is 1.09 bits per heavy atom. The predicted octanol–water partition coefficient (Wildman–Crippen LogP) is 2.36. The zero-order valence-electron chi connectivity index (χ0n) is 19.8. The Kier molecular flexibility index (Phi) is 6.93. The van der Waals surface area contributed by atoms with Gasteiger partial charge in [-0.05, 0) is 45.0 Å². The number of sulfonamides is 1. The van der Waals surface area contributed by atoms with Gasteiger partial charge in [-0.3, -0.25) is 9.59 Å². The molecule has 0 atom stereocenters. The molecule has 0 N–H and O–H groups in total. The van der Waals surface area contributed by atoms with Crippen molar-refractivity contribution in [3.63, 3.8) is 0 Å². The molecule has 1 aromatic heterocycles. The average molecular weight is 475 g/mol. The van der Waals surface area contributed by atoms with Gasteiger partial charge in [0.2, 0.25) is 15.5 Å². The molecular weight excluding hydrogens is 440 g/mol. The number of likely N-dealkylation sites (N-methyl/N-ethyl adjacent to an activating group) is 1. The fourth-order valence-corrected chi connectivity index (χ4v) is 6.38. The number of carbonyl (C=O) groups excluding carboxylic acids is 1. The van der Waals surface area contributed by atoms with Crippen molar-refractivity contribution in [3.8, 4) is 0 Å². The van der Waals surface area contributed by atoms with Gasteiger partial charge in [-0.25, -0.2) is 8.42 Å². The first kappa shape index (κ1) is 23.9. The molecule has 2 heterocycles. The maximum atomic E-state index is 13.4. The summed E-state index contributed by atoms with van der Waals surface area (Å²) in [6.07, 6.45) is 6.53. The lowest BCUT2D eigenvalue weighted by Gasteiger charge is -2.32. The van der Waals surface area contributed by atoms with Crippen LogP contribution in [0.3, 0.4) is 0 Å². The van der Waals surface area contributed by atoms with Crippen molar-refractivity contribution in [2.75, 3.05) is 40.3 Å². The molecule has 33 heavy (non-hydrogen) atoms. The van der Waals surface area contributed by atoms with Crippen molar-refractivity contribution in [1.29, 1.82) is 0 Å². The number of carbonyl (C=O) groups is 1. The van der Waals surface area contributed by atoms with E-state index in [0.717, 1.165) is 45.2 Å². The van der Waals surface area contributed by atoms with Gasteiger partial charge in [0.15, 0.2) is 0 Å². The van der Waals surface area contributed by atoms with E-state index >= 15 is 0 Å². The van der Waals surface area contributed by atoms with Gasteiger partial charge in [-0.15, -0.1) is 0 Å². The smallest absolute Gasteiger partial charge is 0.259 e. The molecule has 1 saturated carbocycles. The summed E-state index contributed by atoms with van der Waals surface area (Å²) in [7, 11) is -0.102. The third kappa shape index (κ3) is 4.58. The molecule has 1 aliphatic carbocycles. The van der Waals surface area contributed by atoms with E-state index in [4.69, 9.17) is 0 Å². The van der Waals surface area contributed by atoms with E-state index in [2.05, 4.69) is 4.90 Å². The van der Waals surface area contributed by atoms with E-state index in [9.17, 15) is 18.0 Å². The third-order valence-corrected chi connectivity index (χ3v) is 9.09. The van der Waals surface area contributed by atoms with Gasteiger partial charge in [0.1, 0.15) is 5.56 Å². The number of rotatable bonds is 5. The van der Waals surface area contributed by atoms with E-state index in [1.165, 1.54) is 10.4 Å². The number of pyridine rings is 1. The number of aryl methyl sites for hydroxylation is 1. The summed E-state index contributed by atoms with van der Waals surface area (Å²) in [5.74, 6) is -0.287. The maximum absolute atomic E-state index is 13.4. The Labute approximate surface area is 195 Å². The predicted molar refractivity (Wildman–Crippen MR) is 129 cm³/mol. The molecule has 2 aliphatic rings. The molecule has 4 rings (SSSR count). The summed E-state index contributed by atoms with van der Waals surface area (Å²) in [5.41, 5.74) is 0.330. The van der Waals surface area contributed by atoms with Crippen molar-refractivity contribution in [2.45, 2.75) is 56.5 Å². The lowest BCUT2D eigenvalue weighted by Crippen LogP contribution is -2.48. The van der Waals surface area contributed by atoms with E-state index in [0.29, 0.717) is 25.2 Å². The Morgan fingerprint density at radius 3 is 2.39 bits per heavy atom. The molecule has 1 aromatic carbocycles. The van der Waals surface area contributed by atoms with Crippen LogP contribution in [-0.4, -0.2) is 79.3 Å². The molecule has 9 heteroatoms. The van der Waals surface area contributed by atoms with E-state index in [-0.39, 0.29) is 27.8 Å². The Morgan fingerprint density at radius 2 is 1.76 bits per heavy atom. The Balaban J connectivity index is 1.75. The summed E-state index contributed by atoms with van der Waals surface area (Å²) in [6, 6.07) is 4.70. The highest BCUT2D eigenvalue weighted by Crippen LogP contribution is 2.27. The van der Waals surface area contributed by atoms with Crippen LogP contribution in [0.5, 0.6) is 0 Å². The second-order valence-corrected chi connectivity index (χ2v) is 11.2. The summed E-state index contributed by atoms with van der Waals surface area (Å²) in [6.45, 7) is 5.16. The standard InChI is InChI=1S/C24H34N4O4S/c1-4-27-17-21(24(30)28-14-12-25(2)13-15-28)23(29)20-16-19(10-11-22(20)27)33(31,32)26(3)18-8-6-5-7-9-18/h10-11,16-18H,4-9,12-15H2,1-3H3. The average Bonchev–Trinajstić information content (AvgIpc) is 2.84. The van der Waals surface area contributed by atoms with Crippen LogP contribution >= 0.6 is 0 Å². The van der Waals surface area contributed by atoms with Crippen molar-refractivity contribution in [1.82, 2.24) is 18.7 Å². The van der Waals surface area contributed by atoms with E-state index < -0.39 is 15.5 Å². The zero-order valence-corrected chi connectivity index (χ0v) is 20.6. The van der Waals surface area contributed by atoms with Gasteiger partial charge in [-0.2, -0.15) is 4.31 Å². The van der Waals surface area contributed by atoms with Gasteiger partial charge in [0.25, 0.3) is 5.91 Å². The molecule has 1 amide bonds. The monoisotopic (exact) mass is 474 g/mol. The normalized spacial score (nSPS) is 18.8. The zero-order chi connectivity index (χ0) is 23.8. The lowest BCUT2D eigenvalue weighted by molar-refractivity contribution is 0.0662. The van der Waals surface area contributed by atoms with Gasteiger partial charge < -0.3 is 14.4 Å². The lowest BCUT2D eigenvalue weighted by atomic mass is 9.96. The number of aromatic nitrogens is 1. The number of hydrogen-bond donors (Lipinski definition) is 0. The number of piperazine rings is 1. The van der Waals surface area contributed by atoms with Crippen LogP contribution < -0.4 is 5.43 Å². The van der Waals surface area contributed by atoms with Crippen LogP contribution in [-0.2, 0) is 16.6 Å². The van der Waals surface area contributed by atoms with Crippen molar-refractivity contribution < 1.29 is 13.2 Å². The largest absolute Gasteiger partial charge is 0.347 e. The van der Waals surface area contributed by atoms with Crippen LogP contribution in [0, 0.1) is 0 Å². The number of fused-ring (bicyclic) bond motifs is 1. The SMILES string of the molecule is CCn1cc(C(=O)N2CCN(C)CC2)c(=O)c2cc(S(=O)(=O)N(C)C3CCCCC3)ccc21. The first-order chi connectivity index (χ1) is 15.7. The molecule has 0 bridgehead atoms. The van der Waals surface area contributed by atoms with Gasteiger partial charge >= 0.3 is 0 Å². The number of benzene rings is 1. The first-order valence-electron chi connectivity index (χ1n) is 11.9. The summed E-state index contributed by atoms with van der Waals surface area (Å²) in [4.78, 5) is 30.6. The van der Waals surface area contributed by atoms with E-state index in [1.807, 2.05) is 18.5 Å². The highest BCUT2D eigenvalue weighted by atomic mass is 32.2. The molecule has 180 valence electrons. The number of hydrogen-bond acceptors (Lipinski definition) is 5. The van der Waals surface area contributed by atoms with Crippen molar-refractivity contribution >= 4 is 26.8 Å². The minimum atomic E-state index is -3.74. The van der Waals surface area contributed by atoms with Crippen LogP contribution in [0.2, 0.25) is 0 Å². The van der Waals surface area contributed by atoms with Crippen LogP contribution in [0.1, 0.15) is 49.4 Å². The highest BCUT2D eigenvalue weighted by Gasteiger charge is 2.30. The molecule has 2 fully saturated rings. The number of nitrogens with zero attached hydrogens (tertiary/aromatic N) is 4. The van der Waals surface area contributed by atoms with Crippen molar-refractivity contribution in [3.05, 3.63) is 40.2 Å². The second kappa shape index (κ2) is 9.56.